The first kappa shape index (κ1) is 18.2. The summed E-state index contributed by atoms with van der Waals surface area (Å²) < 4.78 is 4.25. The van der Waals surface area contributed by atoms with Gasteiger partial charge in [-0.05, 0) is 49.4 Å². The summed E-state index contributed by atoms with van der Waals surface area (Å²) in [6.45, 7) is 1.75. The standard InChI is InChI=1S/C22H17N5O2/c1-15-20(19-12-13-24-27(19)18-10-8-16(14-23)9-11-18)21(28)25(2)22(29)26(15)17-6-4-3-5-7-17/h3-13H,1-2H3. The molecule has 7 heteroatoms. The van der Waals surface area contributed by atoms with E-state index in [1.54, 1.807) is 48.1 Å². The van der Waals surface area contributed by atoms with Gasteiger partial charge < -0.3 is 0 Å². The lowest BCUT2D eigenvalue weighted by Crippen LogP contribution is -2.39. The molecule has 2 aromatic heterocycles. The number of nitriles is 1. The minimum atomic E-state index is -0.410. The van der Waals surface area contributed by atoms with Crippen LogP contribution in [0.3, 0.4) is 0 Å². The number of hydrogen-bond acceptors (Lipinski definition) is 4. The minimum Gasteiger partial charge on any atom is -0.268 e. The van der Waals surface area contributed by atoms with Gasteiger partial charge in [-0.25, -0.2) is 9.48 Å². The van der Waals surface area contributed by atoms with Crippen LogP contribution >= 0.6 is 0 Å². The predicted octanol–water partition coefficient (Wildman–Crippen LogP) is 2.57. The molecule has 142 valence electrons. The largest absolute Gasteiger partial charge is 0.335 e. The molecule has 4 rings (SSSR count). The molecule has 4 aromatic rings. The van der Waals surface area contributed by atoms with Crippen LogP contribution in [0.1, 0.15) is 11.3 Å². The molecule has 0 N–H and O–H groups in total. The van der Waals surface area contributed by atoms with Gasteiger partial charge >= 0.3 is 5.69 Å². The predicted molar refractivity (Wildman–Crippen MR) is 109 cm³/mol. The zero-order valence-corrected chi connectivity index (χ0v) is 15.9. The molecule has 0 aliphatic heterocycles. The zero-order valence-electron chi connectivity index (χ0n) is 15.9. The van der Waals surface area contributed by atoms with Gasteiger partial charge in [0.15, 0.2) is 0 Å². The monoisotopic (exact) mass is 383 g/mol. The van der Waals surface area contributed by atoms with Crippen LogP contribution in [0, 0.1) is 18.3 Å². The van der Waals surface area contributed by atoms with Crippen molar-refractivity contribution in [1.82, 2.24) is 18.9 Å². The lowest BCUT2D eigenvalue weighted by Gasteiger charge is -2.16. The van der Waals surface area contributed by atoms with Crippen LogP contribution in [0.15, 0.2) is 76.4 Å². The molecule has 0 aliphatic rings. The highest BCUT2D eigenvalue weighted by atomic mass is 16.2. The Balaban J connectivity index is 2.00. The van der Waals surface area contributed by atoms with E-state index in [1.165, 1.54) is 11.6 Å². The van der Waals surface area contributed by atoms with E-state index in [1.807, 2.05) is 30.3 Å². The average molecular weight is 383 g/mol. The normalized spacial score (nSPS) is 10.7. The molecule has 0 fully saturated rings. The van der Waals surface area contributed by atoms with Crippen molar-refractivity contribution in [3.05, 3.63) is 99.0 Å². The van der Waals surface area contributed by atoms with Crippen LogP contribution in [-0.4, -0.2) is 18.9 Å². The van der Waals surface area contributed by atoms with Crippen molar-refractivity contribution in [3.63, 3.8) is 0 Å². The van der Waals surface area contributed by atoms with E-state index in [4.69, 9.17) is 5.26 Å². The fourth-order valence-corrected chi connectivity index (χ4v) is 3.37. The van der Waals surface area contributed by atoms with Crippen molar-refractivity contribution in [2.24, 2.45) is 7.05 Å². The van der Waals surface area contributed by atoms with Gasteiger partial charge in [0.25, 0.3) is 5.56 Å². The molecule has 0 saturated heterocycles. The van der Waals surface area contributed by atoms with Crippen LogP contribution < -0.4 is 11.2 Å². The van der Waals surface area contributed by atoms with Crippen LogP contribution in [-0.2, 0) is 7.05 Å². The van der Waals surface area contributed by atoms with Gasteiger partial charge in [-0.1, -0.05) is 18.2 Å². The second kappa shape index (κ2) is 7.09. The number of rotatable bonds is 3. The summed E-state index contributed by atoms with van der Waals surface area (Å²) in [5.74, 6) is 0. The van der Waals surface area contributed by atoms with Crippen molar-refractivity contribution in [3.8, 4) is 28.7 Å². The number of hydrogen-bond donors (Lipinski definition) is 0. The third-order valence-electron chi connectivity index (χ3n) is 4.85. The van der Waals surface area contributed by atoms with Crippen LogP contribution in [0.5, 0.6) is 0 Å². The van der Waals surface area contributed by atoms with Crippen LogP contribution in [0.25, 0.3) is 22.6 Å². The Morgan fingerprint density at radius 2 is 1.62 bits per heavy atom. The van der Waals surface area contributed by atoms with E-state index >= 15 is 0 Å². The molecule has 0 atom stereocenters. The molecule has 7 nitrogen and oxygen atoms in total. The summed E-state index contributed by atoms with van der Waals surface area (Å²) in [6, 6.07) is 19.9. The lowest BCUT2D eigenvalue weighted by atomic mass is 10.1. The lowest BCUT2D eigenvalue weighted by molar-refractivity contribution is 0.713. The second-order valence-corrected chi connectivity index (χ2v) is 6.57. The topological polar surface area (TPSA) is 85.6 Å². The highest BCUT2D eigenvalue weighted by Crippen LogP contribution is 2.23. The first-order chi connectivity index (χ1) is 14.0. The van der Waals surface area contributed by atoms with Gasteiger partial charge in [0.05, 0.1) is 40.5 Å². The summed E-state index contributed by atoms with van der Waals surface area (Å²) in [6.07, 6.45) is 1.60. The van der Waals surface area contributed by atoms with E-state index in [0.29, 0.717) is 33.9 Å². The van der Waals surface area contributed by atoms with Crippen LogP contribution in [0.2, 0.25) is 0 Å². The number of nitrogens with zero attached hydrogens (tertiary/aromatic N) is 5. The minimum absolute atomic E-state index is 0.387. The fraction of sp³-hybridized carbons (Fsp3) is 0.0909. The highest BCUT2D eigenvalue weighted by molar-refractivity contribution is 5.64. The maximum Gasteiger partial charge on any atom is 0.335 e. The zero-order chi connectivity index (χ0) is 20.5. The quantitative estimate of drug-likeness (QED) is 0.544. The van der Waals surface area contributed by atoms with E-state index in [-0.39, 0.29) is 0 Å². The molecule has 0 saturated carbocycles. The van der Waals surface area contributed by atoms with Crippen molar-refractivity contribution >= 4 is 0 Å². The van der Waals surface area contributed by atoms with Gasteiger partial charge in [0, 0.05) is 12.7 Å². The van der Waals surface area contributed by atoms with Crippen molar-refractivity contribution in [1.29, 1.82) is 5.26 Å². The van der Waals surface area contributed by atoms with Crippen molar-refractivity contribution < 1.29 is 0 Å². The first-order valence-corrected chi connectivity index (χ1v) is 8.96. The molecule has 0 amide bonds. The first-order valence-electron chi connectivity index (χ1n) is 8.96. The summed E-state index contributed by atoms with van der Waals surface area (Å²) in [7, 11) is 1.47. The van der Waals surface area contributed by atoms with E-state index in [2.05, 4.69) is 11.2 Å². The molecule has 2 aromatic carbocycles. The molecule has 2 heterocycles. The number of aromatic nitrogens is 4. The van der Waals surface area contributed by atoms with E-state index in [9.17, 15) is 9.59 Å². The summed E-state index contributed by atoms with van der Waals surface area (Å²) in [5.41, 5.74) is 2.60. The van der Waals surface area contributed by atoms with Gasteiger partial charge in [0.1, 0.15) is 0 Å². The SMILES string of the molecule is Cc1c(-c2ccnn2-c2ccc(C#N)cc2)c(=O)n(C)c(=O)n1-c1ccccc1. The smallest absolute Gasteiger partial charge is 0.268 e. The Labute approximate surface area is 166 Å². The third-order valence-corrected chi connectivity index (χ3v) is 4.85. The summed E-state index contributed by atoms with van der Waals surface area (Å²) in [5, 5.41) is 13.4. The summed E-state index contributed by atoms with van der Waals surface area (Å²) in [4.78, 5) is 25.9. The Morgan fingerprint density at radius 1 is 0.931 bits per heavy atom. The molecule has 0 aliphatic carbocycles. The fourth-order valence-electron chi connectivity index (χ4n) is 3.37. The van der Waals surface area contributed by atoms with E-state index in [0.717, 1.165) is 4.57 Å². The molecule has 0 spiro atoms. The molecular weight excluding hydrogens is 366 g/mol. The molecule has 0 radical (unpaired) electrons. The highest BCUT2D eigenvalue weighted by Gasteiger charge is 2.20. The maximum absolute atomic E-state index is 13.0. The number of para-hydroxylation sites is 1. The van der Waals surface area contributed by atoms with Gasteiger partial charge in [-0.2, -0.15) is 10.4 Å². The van der Waals surface area contributed by atoms with Gasteiger partial charge in [0.2, 0.25) is 0 Å². The molecule has 29 heavy (non-hydrogen) atoms. The Bertz CT molecular complexity index is 1350. The molecule has 0 unspecified atom stereocenters. The van der Waals surface area contributed by atoms with Crippen LogP contribution in [0.4, 0.5) is 0 Å². The summed E-state index contributed by atoms with van der Waals surface area (Å²) >= 11 is 0. The second-order valence-electron chi connectivity index (χ2n) is 6.57. The van der Waals surface area contributed by atoms with Crippen molar-refractivity contribution in [2.45, 2.75) is 6.92 Å². The molecule has 0 bridgehead atoms. The van der Waals surface area contributed by atoms with Gasteiger partial charge in [-0.15, -0.1) is 0 Å². The van der Waals surface area contributed by atoms with E-state index < -0.39 is 11.2 Å². The molecular formula is C22H17N5O2. The third kappa shape index (κ3) is 2.97. The Kier molecular flexibility index (Phi) is 4.45. The Morgan fingerprint density at radius 3 is 2.28 bits per heavy atom. The number of benzene rings is 2. The average Bonchev–Trinajstić information content (AvgIpc) is 3.22. The van der Waals surface area contributed by atoms with Crippen molar-refractivity contribution in [2.75, 3.05) is 0 Å². The maximum atomic E-state index is 13.0. The van der Waals surface area contributed by atoms with Gasteiger partial charge in [-0.3, -0.25) is 13.9 Å². The Hall–Kier alpha value is -4.18.